The highest BCUT2D eigenvalue weighted by Crippen LogP contribution is 2.30. The van der Waals surface area contributed by atoms with E-state index in [9.17, 15) is 9.18 Å². The maximum absolute atomic E-state index is 13.3. The molecule has 0 unspecified atom stereocenters. The van der Waals surface area contributed by atoms with Crippen molar-refractivity contribution in [3.8, 4) is 0 Å². The molecule has 1 amide bonds. The number of hydrogen-bond acceptors (Lipinski definition) is 5. The van der Waals surface area contributed by atoms with Crippen LogP contribution in [0.5, 0.6) is 0 Å². The van der Waals surface area contributed by atoms with E-state index in [1.54, 1.807) is 30.4 Å². The molecule has 0 spiro atoms. The van der Waals surface area contributed by atoms with E-state index in [4.69, 9.17) is 4.98 Å². The van der Waals surface area contributed by atoms with Gasteiger partial charge in [0.1, 0.15) is 18.0 Å². The summed E-state index contributed by atoms with van der Waals surface area (Å²) in [6.07, 6.45) is 7.85. The van der Waals surface area contributed by atoms with E-state index in [2.05, 4.69) is 19.4 Å². The van der Waals surface area contributed by atoms with Gasteiger partial charge >= 0.3 is 0 Å². The summed E-state index contributed by atoms with van der Waals surface area (Å²) < 4.78 is 15.5. The van der Waals surface area contributed by atoms with Crippen molar-refractivity contribution in [3.05, 3.63) is 42.2 Å². The molecular formula is C23H27FN6O. The first-order chi connectivity index (χ1) is 15.1. The van der Waals surface area contributed by atoms with Crippen molar-refractivity contribution in [2.45, 2.75) is 45.1 Å². The third-order valence-corrected chi connectivity index (χ3v) is 6.49. The summed E-state index contributed by atoms with van der Waals surface area (Å²) >= 11 is 0. The first-order valence-electron chi connectivity index (χ1n) is 11.1. The second-order valence-electron chi connectivity index (χ2n) is 8.52. The molecule has 7 nitrogen and oxygen atoms in total. The van der Waals surface area contributed by atoms with Gasteiger partial charge in [0.05, 0.1) is 5.92 Å². The molecule has 2 aromatic heterocycles. The van der Waals surface area contributed by atoms with Gasteiger partial charge in [-0.25, -0.2) is 19.3 Å². The van der Waals surface area contributed by atoms with Crippen LogP contribution in [0.1, 0.15) is 37.9 Å². The molecule has 31 heavy (non-hydrogen) atoms. The van der Waals surface area contributed by atoms with Gasteiger partial charge in [0.2, 0.25) is 5.91 Å². The van der Waals surface area contributed by atoms with Gasteiger partial charge in [-0.2, -0.15) is 0 Å². The van der Waals surface area contributed by atoms with Gasteiger partial charge < -0.3 is 14.4 Å². The van der Waals surface area contributed by atoms with Crippen molar-refractivity contribution in [2.75, 3.05) is 29.9 Å². The largest absolute Gasteiger partial charge is 0.354 e. The van der Waals surface area contributed by atoms with Gasteiger partial charge in [-0.3, -0.25) is 4.79 Å². The second kappa shape index (κ2) is 8.24. The SMILES string of the molecule is CN(C(=O)[C@@H]1CCCN(c2ncnc3c2nc2n3CCCCC2)C1)c1ccc(F)cc1. The van der Waals surface area contributed by atoms with E-state index >= 15 is 0 Å². The van der Waals surface area contributed by atoms with Crippen LogP contribution in [0.2, 0.25) is 0 Å². The maximum Gasteiger partial charge on any atom is 0.231 e. The lowest BCUT2D eigenvalue weighted by Gasteiger charge is -2.34. The van der Waals surface area contributed by atoms with Crippen molar-refractivity contribution in [3.63, 3.8) is 0 Å². The summed E-state index contributed by atoms with van der Waals surface area (Å²) in [5, 5.41) is 0. The van der Waals surface area contributed by atoms with Crippen molar-refractivity contribution in [1.29, 1.82) is 0 Å². The highest BCUT2D eigenvalue weighted by Gasteiger charge is 2.31. The molecular weight excluding hydrogens is 395 g/mol. The molecule has 1 saturated heterocycles. The lowest BCUT2D eigenvalue weighted by atomic mass is 9.96. The number of rotatable bonds is 3. The second-order valence-corrected chi connectivity index (χ2v) is 8.52. The summed E-state index contributed by atoms with van der Waals surface area (Å²) in [6, 6.07) is 6.04. The Labute approximate surface area is 180 Å². The standard InChI is InChI=1S/C23H27FN6O/c1-28(18-10-8-17(24)9-11-18)23(31)16-6-5-12-29(14-16)21-20-22(26-15-25-21)30-13-4-2-3-7-19(30)27-20/h8-11,15-16H,2-7,12-14H2,1H3/t16-/m1/s1. The molecule has 8 heteroatoms. The van der Waals surface area contributed by atoms with Crippen LogP contribution >= 0.6 is 0 Å². The van der Waals surface area contributed by atoms with Crippen LogP contribution < -0.4 is 9.80 Å². The topological polar surface area (TPSA) is 67.2 Å². The molecule has 0 N–H and O–H groups in total. The first kappa shape index (κ1) is 19.9. The molecule has 3 aromatic rings. The number of halogens is 1. The van der Waals surface area contributed by atoms with Gasteiger partial charge in [0.15, 0.2) is 17.0 Å². The molecule has 162 valence electrons. The number of carbonyl (C=O) groups is 1. The summed E-state index contributed by atoms with van der Waals surface area (Å²) in [5.74, 6) is 1.51. The number of anilines is 2. The number of benzene rings is 1. The fraction of sp³-hybridized carbons (Fsp3) is 0.478. The smallest absolute Gasteiger partial charge is 0.231 e. The van der Waals surface area contributed by atoms with Crippen LogP contribution in [-0.4, -0.2) is 45.6 Å². The summed E-state index contributed by atoms with van der Waals surface area (Å²) in [4.78, 5) is 31.0. The maximum atomic E-state index is 13.3. The number of hydrogen-bond donors (Lipinski definition) is 0. The number of carbonyl (C=O) groups excluding carboxylic acids is 1. The Morgan fingerprint density at radius 3 is 2.77 bits per heavy atom. The minimum atomic E-state index is -0.306. The first-order valence-corrected chi connectivity index (χ1v) is 11.1. The number of fused-ring (bicyclic) bond motifs is 3. The fourth-order valence-corrected chi connectivity index (χ4v) is 4.79. The molecule has 1 atom stereocenters. The van der Waals surface area contributed by atoms with E-state index in [0.29, 0.717) is 12.2 Å². The average Bonchev–Trinajstić information content (AvgIpc) is 2.99. The van der Waals surface area contributed by atoms with E-state index in [1.807, 2.05) is 0 Å². The molecule has 1 fully saturated rings. The normalized spacial score (nSPS) is 19.2. The Morgan fingerprint density at radius 2 is 1.94 bits per heavy atom. The average molecular weight is 423 g/mol. The molecule has 0 saturated carbocycles. The zero-order valence-electron chi connectivity index (χ0n) is 17.8. The summed E-state index contributed by atoms with van der Waals surface area (Å²) in [7, 11) is 1.75. The Kier molecular flexibility index (Phi) is 5.29. The molecule has 4 heterocycles. The highest BCUT2D eigenvalue weighted by molar-refractivity contribution is 5.95. The lowest BCUT2D eigenvalue weighted by Crippen LogP contribution is -2.44. The summed E-state index contributed by atoms with van der Waals surface area (Å²) in [6.45, 7) is 2.39. The summed E-state index contributed by atoms with van der Waals surface area (Å²) in [5.41, 5.74) is 2.45. The third-order valence-electron chi connectivity index (χ3n) is 6.49. The van der Waals surface area contributed by atoms with Gasteiger partial charge in [-0.1, -0.05) is 6.42 Å². The van der Waals surface area contributed by atoms with Crippen LogP contribution in [0.25, 0.3) is 11.2 Å². The number of imidazole rings is 1. The number of aryl methyl sites for hydroxylation is 2. The van der Waals surface area contributed by atoms with Crippen LogP contribution in [0, 0.1) is 11.7 Å². The van der Waals surface area contributed by atoms with E-state index in [0.717, 1.165) is 68.0 Å². The van der Waals surface area contributed by atoms with Crippen molar-refractivity contribution in [2.24, 2.45) is 5.92 Å². The Hall–Kier alpha value is -3.03. The van der Waals surface area contributed by atoms with E-state index < -0.39 is 0 Å². The number of amides is 1. The van der Waals surface area contributed by atoms with Crippen LogP contribution in [0.3, 0.4) is 0 Å². The highest BCUT2D eigenvalue weighted by atomic mass is 19.1. The predicted molar refractivity (Wildman–Crippen MR) is 118 cm³/mol. The van der Waals surface area contributed by atoms with Gasteiger partial charge in [-0.15, -0.1) is 0 Å². The van der Waals surface area contributed by atoms with Crippen molar-refractivity contribution < 1.29 is 9.18 Å². The fourth-order valence-electron chi connectivity index (χ4n) is 4.79. The molecule has 0 aliphatic carbocycles. The molecule has 0 radical (unpaired) electrons. The molecule has 2 aliphatic heterocycles. The Bertz CT molecular complexity index is 1100. The van der Waals surface area contributed by atoms with Crippen molar-refractivity contribution >= 4 is 28.6 Å². The van der Waals surface area contributed by atoms with Crippen LogP contribution in [0.4, 0.5) is 15.9 Å². The molecule has 0 bridgehead atoms. The number of aromatic nitrogens is 4. The third kappa shape index (κ3) is 3.75. The number of nitrogens with zero attached hydrogens (tertiary/aromatic N) is 6. The Balaban J connectivity index is 1.40. The lowest BCUT2D eigenvalue weighted by molar-refractivity contribution is -0.122. The van der Waals surface area contributed by atoms with Crippen molar-refractivity contribution in [1.82, 2.24) is 19.5 Å². The predicted octanol–water partition coefficient (Wildman–Crippen LogP) is 3.57. The molecule has 5 rings (SSSR count). The monoisotopic (exact) mass is 422 g/mol. The number of piperidine rings is 1. The van der Waals surface area contributed by atoms with Crippen LogP contribution in [-0.2, 0) is 17.8 Å². The van der Waals surface area contributed by atoms with Crippen LogP contribution in [0.15, 0.2) is 30.6 Å². The Morgan fingerprint density at radius 1 is 1.10 bits per heavy atom. The van der Waals surface area contributed by atoms with Gasteiger partial charge in [-0.05, 0) is 49.9 Å². The van der Waals surface area contributed by atoms with E-state index in [-0.39, 0.29) is 17.6 Å². The zero-order chi connectivity index (χ0) is 21.4. The molecule has 1 aromatic carbocycles. The minimum absolute atomic E-state index is 0.0437. The minimum Gasteiger partial charge on any atom is -0.354 e. The van der Waals surface area contributed by atoms with Gasteiger partial charge in [0, 0.05) is 38.8 Å². The zero-order valence-corrected chi connectivity index (χ0v) is 17.8. The molecule has 2 aliphatic rings. The van der Waals surface area contributed by atoms with Gasteiger partial charge in [0.25, 0.3) is 0 Å². The van der Waals surface area contributed by atoms with E-state index in [1.165, 1.54) is 18.6 Å². The quantitative estimate of drug-likeness (QED) is 0.646.